The molecular weight excluding hydrogens is 162 g/mol. The molecule has 1 rings (SSSR count). The first-order valence-corrected chi connectivity index (χ1v) is 5.02. The van der Waals surface area contributed by atoms with E-state index in [4.69, 9.17) is 0 Å². The number of hydrogen-bond acceptors (Lipinski definition) is 2. The van der Waals surface area contributed by atoms with Crippen molar-refractivity contribution in [3.63, 3.8) is 0 Å². The maximum absolute atomic E-state index is 4.22. The monoisotopic (exact) mass is 181 g/mol. The Labute approximate surface area is 80.1 Å². The van der Waals surface area contributed by atoms with E-state index in [2.05, 4.69) is 37.3 Å². The Morgan fingerprint density at radius 1 is 1.54 bits per heavy atom. The van der Waals surface area contributed by atoms with Gasteiger partial charge in [0.15, 0.2) is 0 Å². The van der Waals surface area contributed by atoms with E-state index in [1.807, 2.05) is 10.9 Å². The van der Waals surface area contributed by atoms with Gasteiger partial charge in [0.05, 0.1) is 5.69 Å². The van der Waals surface area contributed by atoms with Crippen LogP contribution in [-0.2, 0) is 13.1 Å². The normalized spacial score (nSPS) is 13.2. The Hall–Kier alpha value is -0.830. The average Bonchev–Trinajstić information content (AvgIpc) is 2.61. The van der Waals surface area contributed by atoms with Crippen molar-refractivity contribution >= 4 is 0 Å². The fourth-order valence-corrected chi connectivity index (χ4v) is 1.22. The summed E-state index contributed by atoms with van der Waals surface area (Å²) in [6.07, 6.45) is 3.03. The van der Waals surface area contributed by atoms with Crippen molar-refractivity contribution in [1.82, 2.24) is 15.1 Å². The Morgan fingerprint density at radius 3 is 2.92 bits per heavy atom. The van der Waals surface area contributed by atoms with Gasteiger partial charge in [0.25, 0.3) is 0 Å². The van der Waals surface area contributed by atoms with E-state index in [1.54, 1.807) is 0 Å². The first kappa shape index (κ1) is 10.3. The highest BCUT2D eigenvalue weighted by molar-refractivity contribution is 4.99. The van der Waals surface area contributed by atoms with Crippen molar-refractivity contribution < 1.29 is 0 Å². The zero-order valence-electron chi connectivity index (χ0n) is 8.75. The van der Waals surface area contributed by atoms with E-state index in [0.717, 1.165) is 13.1 Å². The lowest BCUT2D eigenvalue weighted by Gasteiger charge is -2.11. The number of aryl methyl sites for hydroxylation is 1. The van der Waals surface area contributed by atoms with Crippen LogP contribution in [0.25, 0.3) is 0 Å². The Morgan fingerprint density at radius 2 is 2.31 bits per heavy atom. The molecule has 0 aliphatic rings. The molecule has 0 aromatic carbocycles. The summed E-state index contributed by atoms with van der Waals surface area (Å²) >= 11 is 0. The van der Waals surface area contributed by atoms with Gasteiger partial charge in [-0.25, -0.2) is 0 Å². The maximum atomic E-state index is 4.22. The molecular formula is C10H19N3. The van der Waals surface area contributed by atoms with Crippen LogP contribution in [0.2, 0.25) is 0 Å². The third-order valence-corrected chi connectivity index (χ3v) is 2.35. The van der Waals surface area contributed by atoms with Gasteiger partial charge in [0.1, 0.15) is 0 Å². The zero-order valence-corrected chi connectivity index (χ0v) is 8.75. The summed E-state index contributed by atoms with van der Waals surface area (Å²) < 4.78 is 2.02. The lowest BCUT2D eigenvalue weighted by atomic mass is 10.2. The molecule has 0 amide bonds. The van der Waals surface area contributed by atoms with Gasteiger partial charge in [-0.15, -0.1) is 0 Å². The Bertz CT molecular complexity index is 242. The molecule has 0 radical (unpaired) electrons. The molecule has 3 nitrogen and oxygen atoms in total. The van der Waals surface area contributed by atoms with Crippen LogP contribution in [0.1, 0.15) is 32.9 Å². The van der Waals surface area contributed by atoms with E-state index >= 15 is 0 Å². The predicted octanol–water partition coefficient (Wildman–Crippen LogP) is 1.79. The molecule has 1 atom stereocenters. The molecule has 0 aliphatic heterocycles. The van der Waals surface area contributed by atoms with Crippen LogP contribution in [0, 0.1) is 0 Å². The smallest absolute Gasteiger partial charge is 0.0522 e. The number of aromatic nitrogens is 2. The average molecular weight is 181 g/mol. The highest BCUT2D eigenvalue weighted by Crippen LogP contribution is 1.99. The number of rotatable bonds is 5. The van der Waals surface area contributed by atoms with E-state index in [1.165, 1.54) is 12.1 Å². The number of nitrogens with zero attached hydrogens (tertiary/aromatic N) is 2. The number of nitrogens with one attached hydrogen (secondary N) is 1. The molecule has 0 saturated carbocycles. The van der Waals surface area contributed by atoms with Crippen LogP contribution in [0.5, 0.6) is 0 Å². The van der Waals surface area contributed by atoms with E-state index in [9.17, 15) is 0 Å². The standard InChI is InChI=1S/C10H19N3/c1-4-9(3)11-8-10-6-7-12-13(10)5-2/h6-7,9,11H,4-5,8H2,1-3H3/t9-/m1/s1. The van der Waals surface area contributed by atoms with Crippen molar-refractivity contribution in [3.8, 4) is 0 Å². The first-order valence-electron chi connectivity index (χ1n) is 5.02. The highest BCUT2D eigenvalue weighted by Gasteiger charge is 2.01. The highest BCUT2D eigenvalue weighted by atomic mass is 15.3. The van der Waals surface area contributed by atoms with Crippen molar-refractivity contribution in [1.29, 1.82) is 0 Å². The predicted molar refractivity (Wildman–Crippen MR) is 54.5 cm³/mol. The van der Waals surface area contributed by atoms with E-state index in [-0.39, 0.29) is 0 Å². The van der Waals surface area contributed by atoms with Crippen molar-refractivity contribution in [2.24, 2.45) is 0 Å². The molecule has 1 heterocycles. The lowest BCUT2D eigenvalue weighted by molar-refractivity contribution is 0.506. The molecule has 1 N–H and O–H groups in total. The second-order valence-corrected chi connectivity index (χ2v) is 3.33. The van der Waals surface area contributed by atoms with Crippen LogP contribution >= 0.6 is 0 Å². The minimum Gasteiger partial charge on any atom is -0.309 e. The summed E-state index contributed by atoms with van der Waals surface area (Å²) in [6.45, 7) is 8.37. The molecule has 0 aliphatic carbocycles. The van der Waals surface area contributed by atoms with Crippen LogP contribution in [0.4, 0.5) is 0 Å². The molecule has 0 bridgehead atoms. The van der Waals surface area contributed by atoms with Crippen LogP contribution < -0.4 is 5.32 Å². The molecule has 0 saturated heterocycles. The van der Waals surface area contributed by atoms with E-state index in [0.29, 0.717) is 6.04 Å². The molecule has 0 unspecified atom stereocenters. The zero-order chi connectivity index (χ0) is 9.68. The second kappa shape index (κ2) is 5.02. The molecule has 1 aromatic heterocycles. The Balaban J connectivity index is 2.44. The van der Waals surface area contributed by atoms with Gasteiger partial charge in [-0.05, 0) is 26.3 Å². The van der Waals surface area contributed by atoms with Gasteiger partial charge in [0, 0.05) is 25.3 Å². The SMILES string of the molecule is CC[C@@H](C)NCc1ccnn1CC. The maximum Gasteiger partial charge on any atom is 0.0522 e. The summed E-state index contributed by atoms with van der Waals surface area (Å²) in [5.41, 5.74) is 1.27. The summed E-state index contributed by atoms with van der Waals surface area (Å²) in [6, 6.07) is 2.65. The fourth-order valence-electron chi connectivity index (χ4n) is 1.22. The largest absolute Gasteiger partial charge is 0.309 e. The fraction of sp³-hybridized carbons (Fsp3) is 0.700. The van der Waals surface area contributed by atoms with Gasteiger partial charge in [-0.3, -0.25) is 4.68 Å². The molecule has 1 aromatic rings. The topological polar surface area (TPSA) is 29.9 Å². The molecule has 74 valence electrons. The third-order valence-electron chi connectivity index (χ3n) is 2.35. The van der Waals surface area contributed by atoms with E-state index < -0.39 is 0 Å². The van der Waals surface area contributed by atoms with Crippen molar-refractivity contribution in [2.75, 3.05) is 0 Å². The minimum absolute atomic E-state index is 0.584. The summed E-state index contributed by atoms with van der Waals surface area (Å²) in [5.74, 6) is 0. The van der Waals surface area contributed by atoms with Gasteiger partial charge in [0.2, 0.25) is 0 Å². The molecule has 3 heteroatoms. The van der Waals surface area contributed by atoms with Crippen LogP contribution in [0.3, 0.4) is 0 Å². The third kappa shape index (κ3) is 2.84. The Kier molecular flexibility index (Phi) is 3.96. The lowest BCUT2D eigenvalue weighted by Crippen LogP contribution is -2.25. The van der Waals surface area contributed by atoms with Crippen molar-refractivity contribution in [3.05, 3.63) is 18.0 Å². The van der Waals surface area contributed by atoms with Gasteiger partial charge in [-0.1, -0.05) is 6.92 Å². The van der Waals surface area contributed by atoms with Crippen LogP contribution in [-0.4, -0.2) is 15.8 Å². The second-order valence-electron chi connectivity index (χ2n) is 3.33. The van der Waals surface area contributed by atoms with Gasteiger partial charge >= 0.3 is 0 Å². The molecule has 0 fully saturated rings. The van der Waals surface area contributed by atoms with Crippen LogP contribution in [0.15, 0.2) is 12.3 Å². The minimum atomic E-state index is 0.584. The number of hydrogen-bond donors (Lipinski definition) is 1. The molecule has 0 spiro atoms. The van der Waals surface area contributed by atoms with Crippen molar-refractivity contribution in [2.45, 2.75) is 46.3 Å². The first-order chi connectivity index (χ1) is 6.27. The summed E-state index contributed by atoms with van der Waals surface area (Å²) in [7, 11) is 0. The van der Waals surface area contributed by atoms with Gasteiger partial charge in [-0.2, -0.15) is 5.10 Å². The molecule has 13 heavy (non-hydrogen) atoms. The van der Waals surface area contributed by atoms with Gasteiger partial charge < -0.3 is 5.32 Å². The summed E-state index contributed by atoms with van der Waals surface area (Å²) in [4.78, 5) is 0. The quantitative estimate of drug-likeness (QED) is 0.750. The summed E-state index contributed by atoms with van der Waals surface area (Å²) in [5, 5.41) is 7.66.